The van der Waals surface area contributed by atoms with Crippen molar-refractivity contribution >= 4 is 23.5 Å². The summed E-state index contributed by atoms with van der Waals surface area (Å²) in [6, 6.07) is 9.43. The lowest BCUT2D eigenvalue weighted by atomic mass is 10.1. The molecule has 1 aromatic carbocycles. The minimum atomic E-state index is -0.951. The number of carbonyl (C=O) groups excluding carboxylic acids is 2. The topological polar surface area (TPSA) is 90.3 Å². The summed E-state index contributed by atoms with van der Waals surface area (Å²) in [4.78, 5) is 36.7. The molecular weight excluding hydrogens is 310 g/mol. The van der Waals surface area contributed by atoms with E-state index in [0.29, 0.717) is 18.8 Å². The largest absolute Gasteiger partial charge is 0.481 e. The highest BCUT2D eigenvalue weighted by Gasteiger charge is 2.27. The number of carboxylic acid groups (broad SMARTS) is 1. The third kappa shape index (κ3) is 4.65. The molecule has 1 aromatic rings. The minimum absolute atomic E-state index is 0.112. The highest BCUT2D eigenvalue weighted by atomic mass is 16.4. The molecule has 0 radical (unpaired) electrons. The first-order valence-electron chi connectivity index (χ1n) is 7.94. The number of aliphatic carboxylic acids is 1. The fourth-order valence-corrected chi connectivity index (χ4v) is 2.45. The molecule has 2 rings (SSSR count). The number of amides is 2. The molecule has 0 atom stereocenters. The van der Waals surface area contributed by atoms with Gasteiger partial charge in [0.2, 0.25) is 5.91 Å². The normalized spacial score (nSPS) is 14.3. The Bertz CT molecular complexity index is 642. The Morgan fingerprint density at radius 3 is 2.58 bits per heavy atom. The summed E-state index contributed by atoms with van der Waals surface area (Å²) in [5.74, 6) is -1.37. The van der Waals surface area contributed by atoms with E-state index >= 15 is 0 Å². The van der Waals surface area contributed by atoms with Gasteiger partial charge in [-0.3, -0.25) is 14.4 Å². The zero-order valence-electron chi connectivity index (χ0n) is 13.6. The smallest absolute Gasteiger partial charge is 0.305 e. The zero-order valence-corrected chi connectivity index (χ0v) is 13.6. The number of carbonyl (C=O) groups is 3. The van der Waals surface area contributed by atoms with Gasteiger partial charge in [0.05, 0.1) is 13.0 Å². The number of hydrogen-bond donors (Lipinski definition) is 1. The van der Waals surface area contributed by atoms with Crippen molar-refractivity contribution in [3.05, 3.63) is 35.9 Å². The van der Waals surface area contributed by atoms with E-state index < -0.39 is 5.97 Å². The maximum atomic E-state index is 12.5. The lowest BCUT2D eigenvalue weighted by Gasteiger charge is -2.26. The van der Waals surface area contributed by atoms with Crippen LogP contribution >= 0.6 is 0 Å². The molecule has 1 heterocycles. The molecule has 7 nitrogen and oxygen atoms in total. The summed E-state index contributed by atoms with van der Waals surface area (Å²) >= 11 is 0. The van der Waals surface area contributed by atoms with E-state index in [1.165, 1.54) is 9.91 Å². The molecule has 0 fully saturated rings. The number of rotatable bonds is 7. The monoisotopic (exact) mass is 331 g/mol. The minimum Gasteiger partial charge on any atom is -0.481 e. The van der Waals surface area contributed by atoms with Crippen LogP contribution in [-0.4, -0.2) is 51.6 Å². The van der Waals surface area contributed by atoms with E-state index in [-0.39, 0.29) is 37.6 Å². The molecule has 0 aliphatic carbocycles. The first kappa shape index (κ1) is 17.7. The summed E-state index contributed by atoms with van der Waals surface area (Å²) in [6.07, 6.45) is 0.403. The molecule has 1 N–H and O–H groups in total. The summed E-state index contributed by atoms with van der Waals surface area (Å²) < 4.78 is 0. The predicted octanol–water partition coefficient (Wildman–Crippen LogP) is 1.49. The van der Waals surface area contributed by atoms with Crippen LogP contribution in [0.25, 0.3) is 0 Å². The Morgan fingerprint density at radius 2 is 1.96 bits per heavy atom. The van der Waals surface area contributed by atoms with Crippen molar-refractivity contribution in [1.29, 1.82) is 0 Å². The van der Waals surface area contributed by atoms with Crippen molar-refractivity contribution in [2.75, 3.05) is 13.1 Å². The SMILES string of the molecule is CCN(CCC(=O)O)C(=O)C1=NN(Cc2ccccc2)C(=O)CC1. The Kier molecular flexibility index (Phi) is 6.06. The van der Waals surface area contributed by atoms with Gasteiger partial charge in [-0.1, -0.05) is 30.3 Å². The van der Waals surface area contributed by atoms with E-state index in [0.717, 1.165) is 5.56 Å². The first-order valence-corrected chi connectivity index (χ1v) is 7.94. The van der Waals surface area contributed by atoms with E-state index in [1.807, 2.05) is 30.3 Å². The average molecular weight is 331 g/mol. The molecule has 0 aromatic heterocycles. The average Bonchev–Trinajstić information content (AvgIpc) is 2.58. The van der Waals surface area contributed by atoms with Crippen LogP contribution in [0, 0.1) is 0 Å². The lowest BCUT2D eigenvalue weighted by molar-refractivity contribution is -0.137. The molecule has 0 spiro atoms. The number of carboxylic acids is 1. The second kappa shape index (κ2) is 8.24. The van der Waals surface area contributed by atoms with Crippen molar-refractivity contribution in [1.82, 2.24) is 9.91 Å². The molecule has 0 saturated carbocycles. The van der Waals surface area contributed by atoms with Crippen LogP contribution in [0.3, 0.4) is 0 Å². The number of hydrazone groups is 1. The van der Waals surface area contributed by atoms with Gasteiger partial charge in [0.25, 0.3) is 5.91 Å². The predicted molar refractivity (Wildman–Crippen MR) is 88.2 cm³/mol. The number of benzene rings is 1. The summed E-state index contributed by atoms with van der Waals surface area (Å²) in [6.45, 7) is 2.64. The molecule has 1 aliphatic heterocycles. The fourth-order valence-electron chi connectivity index (χ4n) is 2.45. The van der Waals surface area contributed by atoms with Crippen LogP contribution in [0.2, 0.25) is 0 Å². The van der Waals surface area contributed by atoms with Crippen LogP contribution < -0.4 is 0 Å². The van der Waals surface area contributed by atoms with Crippen LogP contribution in [0.15, 0.2) is 35.4 Å². The van der Waals surface area contributed by atoms with Gasteiger partial charge in [0.1, 0.15) is 5.71 Å². The summed E-state index contributed by atoms with van der Waals surface area (Å²) in [5.41, 5.74) is 1.24. The quantitative estimate of drug-likeness (QED) is 0.819. The van der Waals surface area contributed by atoms with Crippen molar-refractivity contribution < 1.29 is 19.5 Å². The van der Waals surface area contributed by atoms with Crippen LogP contribution in [-0.2, 0) is 20.9 Å². The highest BCUT2D eigenvalue weighted by Crippen LogP contribution is 2.15. The highest BCUT2D eigenvalue weighted by molar-refractivity contribution is 6.39. The molecule has 128 valence electrons. The molecule has 0 saturated heterocycles. The van der Waals surface area contributed by atoms with Gasteiger partial charge in [-0.05, 0) is 12.5 Å². The molecule has 0 unspecified atom stereocenters. The first-order chi connectivity index (χ1) is 11.5. The van der Waals surface area contributed by atoms with E-state index in [2.05, 4.69) is 5.10 Å². The number of hydrogen-bond acceptors (Lipinski definition) is 4. The van der Waals surface area contributed by atoms with E-state index in [9.17, 15) is 14.4 Å². The Hall–Kier alpha value is -2.70. The molecule has 0 bridgehead atoms. The molecule has 1 aliphatic rings. The Balaban J connectivity index is 2.10. The Labute approximate surface area is 140 Å². The van der Waals surface area contributed by atoms with Gasteiger partial charge in [-0.25, -0.2) is 5.01 Å². The Morgan fingerprint density at radius 1 is 1.25 bits per heavy atom. The summed E-state index contributed by atoms with van der Waals surface area (Å²) in [7, 11) is 0. The van der Waals surface area contributed by atoms with Crippen LogP contribution in [0.1, 0.15) is 31.7 Å². The molecule has 2 amide bonds. The standard InChI is InChI=1S/C17H21N3O4/c1-2-19(11-10-16(22)23)17(24)14-8-9-15(21)20(18-14)12-13-6-4-3-5-7-13/h3-7H,2,8-12H2,1H3,(H,22,23). The lowest BCUT2D eigenvalue weighted by Crippen LogP contribution is -2.42. The molecule has 24 heavy (non-hydrogen) atoms. The van der Waals surface area contributed by atoms with Gasteiger partial charge in [0, 0.05) is 25.9 Å². The summed E-state index contributed by atoms with van der Waals surface area (Å²) in [5, 5.41) is 14.3. The fraction of sp³-hybridized carbons (Fsp3) is 0.412. The van der Waals surface area contributed by atoms with Gasteiger partial charge in [-0.15, -0.1) is 0 Å². The van der Waals surface area contributed by atoms with Crippen molar-refractivity contribution in [3.8, 4) is 0 Å². The third-order valence-electron chi connectivity index (χ3n) is 3.79. The van der Waals surface area contributed by atoms with Crippen molar-refractivity contribution in [3.63, 3.8) is 0 Å². The van der Waals surface area contributed by atoms with Crippen molar-refractivity contribution in [2.24, 2.45) is 5.10 Å². The van der Waals surface area contributed by atoms with Gasteiger partial charge < -0.3 is 10.0 Å². The maximum absolute atomic E-state index is 12.5. The van der Waals surface area contributed by atoms with Gasteiger partial charge >= 0.3 is 5.97 Å². The van der Waals surface area contributed by atoms with Crippen molar-refractivity contribution in [2.45, 2.75) is 32.7 Å². The third-order valence-corrected chi connectivity index (χ3v) is 3.79. The van der Waals surface area contributed by atoms with E-state index in [1.54, 1.807) is 6.92 Å². The zero-order chi connectivity index (χ0) is 17.5. The molecular formula is C17H21N3O4. The second-order valence-electron chi connectivity index (χ2n) is 5.51. The van der Waals surface area contributed by atoms with Gasteiger partial charge in [-0.2, -0.15) is 5.10 Å². The second-order valence-corrected chi connectivity index (χ2v) is 5.51. The molecule has 7 heteroatoms. The van der Waals surface area contributed by atoms with E-state index in [4.69, 9.17) is 5.11 Å². The van der Waals surface area contributed by atoms with Crippen LogP contribution in [0.5, 0.6) is 0 Å². The van der Waals surface area contributed by atoms with Crippen LogP contribution in [0.4, 0.5) is 0 Å². The maximum Gasteiger partial charge on any atom is 0.305 e. The number of nitrogens with zero attached hydrogens (tertiary/aromatic N) is 3. The van der Waals surface area contributed by atoms with Gasteiger partial charge in [0.15, 0.2) is 0 Å².